The molecule has 0 saturated heterocycles. The summed E-state index contributed by atoms with van der Waals surface area (Å²) in [6, 6.07) is 5.15. The number of ether oxygens (including phenoxy) is 1. The number of hydrogen-bond donors (Lipinski definition) is 2. The van der Waals surface area contributed by atoms with E-state index in [0.717, 1.165) is 5.56 Å². The molecule has 0 fully saturated rings. The van der Waals surface area contributed by atoms with E-state index in [0.29, 0.717) is 11.4 Å². The summed E-state index contributed by atoms with van der Waals surface area (Å²) in [5, 5.41) is 11.3. The third-order valence-corrected chi connectivity index (χ3v) is 2.46. The number of methoxy groups -OCH3 is 1. The number of aliphatic carboxylic acids is 1. The average Bonchev–Trinajstić information content (AvgIpc) is 2.30. The normalized spacial score (nSPS) is 11.7. The quantitative estimate of drug-likeness (QED) is 0.781. The van der Waals surface area contributed by atoms with Gasteiger partial charge >= 0.3 is 5.97 Å². The van der Waals surface area contributed by atoms with Crippen molar-refractivity contribution in [3.8, 4) is 5.75 Å². The van der Waals surface area contributed by atoms with Crippen molar-refractivity contribution < 1.29 is 19.4 Å². The van der Waals surface area contributed by atoms with Crippen LogP contribution in [0.1, 0.15) is 12.5 Å². The van der Waals surface area contributed by atoms with Crippen LogP contribution in [0.4, 0.5) is 5.69 Å². The number of hydrogen-bond acceptors (Lipinski definition) is 3. The molecule has 1 rings (SSSR count). The van der Waals surface area contributed by atoms with Gasteiger partial charge in [-0.1, -0.05) is 0 Å². The fourth-order valence-corrected chi connectivity index (χ4v) is 1.26. The molecule has 0 aromatic heterocycles. The number of carbonyl (C=O) groups is 2. The minimum Gasteiger partial charge on any atom is -0.497 e. The molecular formula is C12H15NO4. The van der Waals surface area contributed by atoms with E-state index in [2.05, 4.69) is 5.32 Å². The summed E-state index contributed by atoms with van der Waals surface area (Å²) in [5.41, 5.74) is 1.40. The Labute approximate surface area is 99.4 Å². The van der Waals surface area contributed by atoms with Crippen molar-refractivity contribution in [1.29, 1.82) is 0 Å². The van der Waals surface area contributed by atoms with Crippen LogP contribution >= 0.6 is 0 Å². The number of carboxylic acid groups (broad SMARTS) is 1. The number of anilines is 1. The van der Waals surface area contributed by atoms with Crippen LogP contribution in [0.5, 0.6) is 5.75 Å². The fraction of sp³-hybridized carbons (Fsp3) is 0.333. The number of amides is 1. The molecule has 0 aliphatic heterocycles. The third-order valence-electron chi connectivity index (χ3n) is 2.46. The smallest absolute Gasteiger partial charge is 0.315 e. The van der Waals surface area contributed by atoms with Gasteiger partial charge in [-0.3, -0.25) is 9.59 Å². The van der Waals surface area contributed by atoms with Crippen molar-refractivity contribution >= 4 is 17.6 Å². The van der Waals surface area contributed by atoms with Gasteiger partial charge in [0.15, 0.2) is 0 Å². The summed E-state index contributed by atoms with van der Waals surface area (Å²) >= 11 is 0. The third kappa shape index (κ3) is 3.21. The van der Waals surface area contributed by atoms with Crippen LogP contribution in [-0.4, -0.2) is 24.1 Å². The molecule has 92 valence electrons. The molecular weight excluding hydrogens is 222 g/mol. The Morgan fingerprint density at radius 1 is 1.41 bits per heavy atom. The molecule has 0 aliphatic carbocycles. The molecule has 1 unspecified atom stereocenters. The van der Waals surface area contributed by atoms with E-state index in [4.69, 9.17) is 9.84 Å². The molecule has 5 heteroatoms. The zero-order chi connectivity index (χ0) is 13.0. The molecule has 2 N–H and O–H groups in total. The van der Waals surface area contributed by atoms with E-state index in [-0.39, 0.29) is 0 Å². The number of nitrogens with one attached hydrogen (secondary N) is 1. The van der Waals surface area contributed by atoms with Gasteiger partial charge in [-0.2, -0.15) is 0 Å². The first-order valence-electron chi connectivity index (χ1n) is 5.14. The van der Waals surface area contributed by atoms with Gasteiger partial charge in [0, 0.05) is 5.69 Å². The molecule has 0 radical (unpaired) electrons. The topological polar surface area (TPSA) is 75.6 Å². The van der Waals surface area contributed by atoms with Crippen molar-refractivity contribution in [2.45, 2.75) is 13.8 Å². The SMILES string of the molecule is COc1ccc(NC(=O)C(C)C(=O)O)c(C)c1. The largest absolute Gasteiger partial charge is 0.497 e. The van der Waals surface area contributed by atoms with E-state index in [1.807, 2.05) is 6.92 Å². The summed E-state index contributed by atoms with van der Waals surface area (Å²) in [6.45, 7) is 3.15. The molecule has 0 bridgehead atoms. The summed E-state index contributed by atoms with van der Waals surface area (Å²) in [4.78, 5) is 22.2. The van der Waals surface area contributed by atoms with Gasteiger partial charge in [-0.25, -0.2) is 0 Å². The van der Waals surface area contributed by atoms with Crippen molar-refractivity contribution in [2.75, 3.05) is 12.4 Å². The van der Waals surface area contributed by atoms with Crippen molar-refractivity contribution in [2.24, 2.45) is 5.92 Å². The van der Waals surface area contributed by atoms with Crippen LogP contribution in [0.3, 0.4) is 0 Å². The Kier molecular flexibility index (Phi) is 4.09. The van der Waals surface area contributed by atoms with E-state index < -0.39 is 17.8 Å². The molecule has 1 aromatic carbocycles. The Bertz CT molecular complexity index is 442. The van der Waals surface area contributed by atoms with Gasteiger partial charge in [-0.15, -0.1) is 0 Å². The highest BCUT2D eigenvalue weighted by Gasteiger charge is 2.20. The van der Waals surface area contributed by atoms with Gasteiger partial charge in [0.05, 0.1) is 7.11 Å². The lowest BCUT2D eigenvalue weighted by atomic mass is 10.1. The monoisotopic (exact) mass is 237 g/mol. The van der Waals surface area contributed by atoms with Gasteiger partial charge in [-0.05, 0) is 37.6 Å². The lowest BCUT2D eigenvalue weighted by Crippen LogP contribution is -2.27. The Morgan fingerprint density at radius 2 is 2.06 bits per heavy atom. The van der Waals surface area contributed by atoms with Gasteiger partial charge in [0.25, 0.3) is 0 Å². The lowest BCUT2D eigenvalue weighted by Gasteiger charge is -2.11. The minimum absolute atomic E-state index is 0.536. The Morgan fingerprint density at radius 3 is 2.53 bits per heavy atom. The number of carbonyl (C=O) groups excluding carboxylic acids is 1. The predicted molar refractivity (Wildman–Crippen MR) is 63.2 cm³/mol. The highest BCUT2D eigenvalue weighted by Crippen LogP contribution is 2.21. The first kappa shape index (κ1) is 13.0. The molecule has 1 aromatic rings. The lowest BCUT2D eigenvalue weighted by molar-refractivity contribution is -0.144. The molecule has 0 saturated carbocycles. The van der Waals surface area contributed by atoms with Crippen LogP contribution in [0, 0.1) is 12.8 Å². The van der Waals surface area contributed by atoms with Gasteiger partial charge in [0.2, 0.25) is 5.91 Å². The van der Waals surface area contributed by atoms with Gasteiger partial charge < -0.3 is 15.2 Å². The maximum atomic E-state index is 11.5. The number of aryl methyl sites for hydroxylation is 1. The second kappa shape index (κ2) is 5.34. The second-order valence-corrected chi connectivity index (χ2v) is 3.73. The van der Waals surface area contributed by atoms with E-state index in [1.165, 1.54) is 6.92 Å². The summed E-state index contributed by atoms with van der Waals surface area (Å²) in [7, 11) is 1.56. The summed E-state index contributed by atoms with van der Waals surface area (Å²) in [6.07, 6.45) is 0. The first-order chi connectivity index (χ1) is 7.95. The predicted octanol–water partition coefficient (Wildman–Crippen LogP) is 1.66. The average molecular weight is 237 g/mol. The van der Waals surface area contributed by atoms with Crippen LogP contribution in [0.25, 0.3) is 0 Å². The summed E-state index contributed by atoms with van der Waals surface area (Å²) in [5.74, 6) is -2.07. The second-order valence-electron chi connectivity index (χ2n) is 3.73. The fourth-order valence-electron chi connectivity index (χ4n) is 1.26. The van der Waals surface area contributed by atoms with Crippen molar-refractivity contribution in [1.82, 2.24) is 0 Å². The standard InChI is InChI=1S/C12H15NO4/c1-7-6-9(17-3)4-5-10(7)13-11(14)8(2)12(15)16/h4-6,8H,1-3H3,(H,13,14)(H,15,16). The number of benzene rings is 1. The Balaban J connectivity index is 2.82. The molecule has 0 aliphatic rings. The molecule has 0 heterocycles. The van der Waals surface area contributed by atoms with E-state index in [9.17, 15) is 9.59 Å². The summed E-state index contributed by atoms with van der Waals surface area (Å²) < 4.78 is 5.03. The zero-order valence-corrected chi connectivity index (χ0v) is 9.98. The van der Waals surface area contributed by atoms with E-state index >= 15 is 0 Å². The molecule has 17 heavy (non-hydrogen) atoms. The van der Waals surface area contributed by atoms with E-state index in [1.54, 1.807) is 25.3 Å². The highest BCUT2D eigenvalue weighted by atomic mass is 16.5. The minimum atomic E-state index is -1.14. The molecule has 1 atom stereocenters. The van der Waals surface area contributed by atoms with Crippen LogP contribution < -0.4 is 10.1 Å². The molecule has 1 amide bonds. The van der Waals surface area contributed by atoms with Crippen LogP contribution in [-0.2, 0) is 9.59 Å². The molecule has 0 spiro atoms. The zero-order valence-electron chi connectivity index (χ0n) is 9.98. The van der Waals surface area contributed by atoms with Crippen molar-refractivity contribution in [3.05, 3.63) is 23.8 Å². The van der Waals surface area contributed by atoms with Gasteiger partial charge in [0.1, 0.15) is 11.7 Å². The maximum absolute atomic E-state index is 11.5. The first-order valence-corrected chi connectivity index (χ1v) is 5.14. The van der Waals surface area contributed by atoms with Crippen LogP contribution in [0.15, 0.2) is 18.2 Å². The Hall–Kier alpha value is -2.04. The maximum Gasteiger partial charge on any atom is 0.315 e. The van der Waals surface area contributed by atoms with Crippen LogP contribution in [0.2, 0.25) is 0 Å². The number of carboxylic acids is 1. The van der Waals surface area contributed by atoms with Crippen molar-refractivity contribution in [3.63, 3.8) is 0 Å². The number of rotatable bonds is 4. The molecule has 5 nitrogen and oxygen atoms in total. The highest BCUT2D eigenvalue weighted by molar-refractivity contribution is 6.04.